The lowest BCUT2D eigenvalue weighted by molar-refractivity contribution is -0.904. The van der Waals surface area contributed by atoms with Gasteiger partial charge >= 0.3 is 0 Å². The Morgan fingerprint density at radius 2 is 1.08 bits per heavy atom. The fraction of sp³-hybridized carbons (Fsp3) is 0.614. The van der Waals surface area contributed by atoms with Gasteiger partial charge in [0.1, 0.15) is 16.9 Å². The molecule has 84 heavy (non-hydrogen) atoms. The van der Waals surface area contributed by atoms with Gasteiger partial charge in [-0.15, -0.1) is 22.7 Å². The molecule has 4 aliphatic rings. The first kappa shape index (κ1) is 65.3. The zero-order chi connectivity index (χ0) is 60.7. The van der Waals surface area contributed by atoms with Crippen LogP contribution < -0.4 is 33.6 Å². The van der Waals surface area contributed by atoms with Crippen LogP contribution in [0, 0.1) is 25.7 Å². The Morgan fingerprint density at radius 3 is 1.51 bits per heavy atom. The first-order chi connectivity index (χ1) is 39.8. The number of rotatable bonds is 17. The van der Waals surface area contributed by atoms with Crippen molar-refractivity contribution in [1.29, 1.82) is 0 Å². The molecule has 462 valence electrons. The quantitative estimate of drug-likeness (QED) is 0.0793. The number of ether oxygens (including phenoxy) is 6. The molecule has 10 rings (SSSR count). The molecule has 0 aromatic carbocycles. The number of anilines is 4. The molecule has 10 heterocycles. The van der Waals surface area contributed by atoms with Gasteiger partial charge < -0.3 is 43.1 Å². The summed E-state index contributed by atoms with van der Waals surface area (Å²) in [6.07, 6.45) is 10.3. The summed E-state index contributed by atoms with van der Waals surface area (Å²) < 4.78 is 88.4. The highest BCUT2D eigenvalue weighted by Crippen LogP contribution is 2.43. The number of nitrogens with zero attached hydrogens (tertiary/aromatic N) is 9. The first-order valence-corrected chi connectivity index (χ1v) is 34.7. The van der Waals surface area contributed by atoms with Crippen molar-refractivity contribution < 1.29 is 50.2 Å². The molecule has 0 radical (unpaired) electrons. The second-order valence-electron chi connectivity index (χ2n) is 22.8. The molecule has 0 atom stereocenters. The van der Waals surface area contributed by atoms with Crippen LogP contribution in [0.25, 0.3) is 42.9 Å². The van der Waals surface area contributed by atoms with Gasteiger partial charge in [-0.05, 0) is 114 Å². The summed E-state index contributed by atoms with van der Waals surface area (Å²) in [6.45, 7) is 27.3. The summed E-state index contributed by atoms with van der Waals surface area (Å²) >= 11 is 6.88. The van der Waals surface area contributed by atoms with Crippen LogP contribution in [0.5, 0.6) is 11.8 Å². The van der Waals surface area contributed by atoms with Crippen LogP contribution in [0.1, 0.15) is 75.6 Å². The second-order valence-corrected chi connectivity index (χ2v) is 29.5. The Balaban J connectivity index is 0.000000186. The van der Waals surface area contributed by atoms with Crippen molar-refractivity contribution >= 4 is 102 Å². The van der Waals surface area contributed by atoms with E-state index in [1.165, 1.54) is 57.1 Å². The second kappa shape index (κ2) is 28.0. The maximum Gasteiger partial charge on any atom is 0.238 e. The van der Waals surface area contributed by atoms with Gasteiger partial charge in [0.15, 0.2) is 0 Å². The van der Waals surface area contributed by atoms with Gasteiger partial charge in [0.2, 0.25) is 43.7 Å². The molecule has 4 fully saturated rings. The standard InChI is InChI=1S/C28H40N6O5S2.C18H20BrN5O4S2.C11H23NO/c1-18-21(17-33-9-7-20(8-10-33)28(2,3)38-5)24-25(40-18)23(30-27(31-24)34-11-13-39-14-12-34)19-15-22(32-41(6,35)36)26(37-4)29-16-19;1-10-13(19)15-16(29-10)14(21-18(22-15)24-4-6-28-7-5-24)11-8-12(23-30(3,25)26)17(27-2)20-9-11;1-5-12-8-6-10(7-9-12)11(2,3)13-4/h15-16,20,32H,7-14,17H2,1-6H3;8-9,23H,4-7H2,1-3H3;10H,5-9H2,1-4H3/p+1. The number of aryl methyl sites for hydroxylation is 2. The van der Waals surface area contributed by atoms with Crippen molar-refractivity contribution in [2.75, 3.05) is 146 Å². The van der Waals surface area contributed by atoms with Crippen molar-refractivity contribution in [2.45, 2.75) is 91.9 Å². The van der Waals surface area contributed by atoms with Gasteiger partial charge in [0.25, 0.3) is 0 Å². The lowest BCUT2D eigenvalue weighted by Gasteiger charge is -2.39. The van der Waals surface area contributed by atoms with Crippen molar-refractivity contribution in [2.24, 2.45) is 11.8 Å². The number of hydrogen-bond acceptors (Lipinski definition) is 21. The smallest absolute Gasteiger partial charge is 0.238 e. The Hall–Kier alpha value is -4.68. The number of thiophene rings is 2. The Morgan fingerprint density at radius 1 is 0.655 bits per heavy atom. The highest BCUT2D eigenvalue weighted by Gasteiger charge is 2.35. The molecule has 6 aromatic rings. The lowest BCUT2D eigenvalue weighted by Crippen LogP contribution is -3.12. The van der Waals surface area contributed by atoms with E-state index >= 15 is 0 Å². The van der Waals surface area contributed by atoms with Crippen molar-refractivity contribution in [3.05, 3.63) is 44.3 Å². The summed E-state index contributed by atoms with van der Waals surface area (Å²) in [7, 11) is -0.522. The molecule has 0 aliphatic carbocycles. The number of piperidine rings is 2. The lowest BCUT2D eigenvalue weighted by atomic mass is 9.83. The van der Waals surface area contributed by atoms with E-state index in [9.17, 15) is 16.8 Å². The Labute approximate surface area is 512 Å². The number of aromatic nitrogens is 6. The molecule has 0 amide bonds. The number of quaternary nitrogens is 1. The predicted molar refractivity (Wildman–Crippen MR) is 339 cm³/mol. The largest absolute Gasteiger partial charge is 0.480 e. The van der Waals surface area contributed by atoms with E-state index in [0.29, 0.717) is 87.2 Å². The summed E-state index contributed by atoms with van der Waals surface area (Å²) in [5, 5.41) is 0. The van der Waals surface area contributed by atoms with Crippen LogP contribution in [0.2, 0.25) is 0 Å². The van der Waals surface area contributed by atoms with Crippen LogP contribution >= 0.6 is 38.6 Å². The number of sulfonamides is 2. The van der Waals surface area contributed by atoms with E-state index in [1.807, 2.05) is 14.0 Å². The van der Waals surface area contributed by atoms with Gasteiger partial charge in [-0.3, -0.25) is 14.3 Å². The summed E-state index contributed by atoms with van der Waals surface area (Å²) in [5.74, 6) is 2.92. The molecule has 0 saturated carbocycles. The Bertz CT molecular complexity index is 3450. The highest BCUT2D eigenvalue weighted by atomic mass is 79.9. The molecule has 27 heteroatoms. The zero-order valence-corrected chi connectivity index (χ0v) is 55.7. The molecule has 3 N–H and O–H groups in total. The summed E-state index contributed by atoms with van der Waals surface area (Å²) in [6, 6.07) is 3.41. The molecule has 0 spiro atoms. The third-order valence-corrected chi connectivity index (χ3v) is 21.1. The normalized spacial score (nSPS) is 18.7. The monoisotopic (exact) mass is 1300 g/mol. The van der Waals surface area contributed by atoms with Crippen LogP contribution in [0.4, 0.5) is 23.3 Å². The minimum absolute atomic E-state index is 0.0826. The molecule has 0 bridgehead atoms. The number of hydrogen-bond donors (Lipinski definition) is 3. The van der Waals surface area contributed by atoms with Gasteiger partial charge in [0.05, 0.1) is 115 Å². The number of nitrogens with one attached hydrogen (secondary N) is 3. The summed E-state index contributed by atoms with van der Waals surface area (Å²) in [5.41, 5.74) is 6.21. The fourth-order valence-electron chi connectivity index (χ4n) is 11.0. The van der Waals surface area contributed by atoms with Crippen LogP contribution in [-0.2, 0) is 45.5 Å². The van der Waals surface area contributed by atoms with Crippen molar-refractivity contribution in [3.8, 4) is 34.3 Å². The average Bonchev–Trinajstić information content (AvgIpc) is 2.59. The van der Waals surface area contributed by atoms with Gasteiger partial charge in [-0.25, -0.2) is 46.7 Å². The third-order valence-electron chi connectivity index (χ3n) is 16.4. The van der Waals surface area contributed by atoms with Gasteiger partial charge in [-0.1, -0.05) is 0 Å². The minimum Gasteiger partial charge on any atom is -0.480 e. The number of pyridine rings is 2. The number of likely N-dealkylation sites (tertiary alicyclic amines) is 2. The topological polar surface area (TPSA) is 239 Å². The van der Waals surface area contributed by atoms with E-state index in [4.69, 9.17) is 48.4 Å². The van der Waals surface area contributed by atoms with Crippen LogP contribution in [0.15, 0.2) is 29.0 Å². The molecule has 22 nitrogen and oxygen atoms in total. The number of fused-ring (bicyclic) bond motifs is 2. The SMILES string of the molecule is CC[NH+]1CCC(C(C)(C)OC)CC1.COc1ncc(-c2nc(N3CCOCC3)nc3c(Br)c(C)sc23)cc1NS(C)(=O)=O.COc1ncc(-c2nc(N3CCOCC3)nc3c(CN4CCC(C(C)(C)OC)CC4)c(C)sc23)cc1NS(C)(=O)=O. The third kappa shape index (κ3) is 16.1. The molecule has 4 aliphatic heterocycles. The van der Waals surface area contributed by atoms with E-state index in [0.717, 1.165) is 86.4 Å². The number of morpholine rings is 2. The maximum atomic E-state index is 12.1. The van der Waals surface area contributed by atoms with E-state index < -0.39 is 20.0 Å². The van der Waals surface area contributed by atoms with Crippen molar-refractivity contribution in [1.82, 2.24) is 34.8 Å². The maximum absolute atomic E-state index is 12.1. The van der Waals surface area contributed by atoms with Crippen molar-refractivity contribution in [3.63, 3.8) is 0 Å². The number of methoxy groups -OCH3 is 4. The molecular weight excluding hydrogens is 1220 g/mol. The van der Waals surface area contributed by atoms with Crippen LogP contribution in [0.3, 0.4) is 0 Å². The van der Waals surface area contributed by atoms with Gasteiger partial charge in [0, 0.05) is 98.6 Å². The van der Waals surface area contributed by atoms with E-state index in [2.05, 4.69) is 91.6 Å². The first-order valence-electron chi connectivity index (χ1n) is 28.5. The predicted octanol–water partition coefficient (Wildman–Crippen LogP) is 7.68. The fourth-order valence-corrected chi connectivity index (χ4v) is 14.9. The van der Waals surface area contributed by atoms with E-state index in [-0.39, 0.29) is 34.3 Å². The van der Waals surface area contributed by atoms with Gasteiger partial charge in [-0.2, -0.15) is 0 Å². The Kier molecular flexibility index (Phi) is 21.8. The molecule has 0 unspecified atom stereocenters. The van der Waals surface area contributed by atoms with Crippen LogP contribution in [-0.4, -0.2) is 189 Å². The highest BCUT2D eigenvalue weighted by molar-refractivity contribution is 9.10. The minimum atomic E-state index is -3.55. The molecular formula is C57H84BrN12O10S4+. The summed E-state index contributed by atoms with van der Waals surface area (Å²) in [4.78, 5) is 39.2. The molecule has 6 aromatic heterocycles. The number of halogens is 1. The zero-order valence-electron chi connectivity index (χ0n) is 50.8. The van der Waals surface area contributed by atoms with E-state index in [1.54, 1.807) is 59.2 Å². The average molecular weight is 1310 g/mol. The molecule has 4 saturated heterocycles.